The Morgan fingerprint density at radius 1 is 1.16 bits per heavy atom. The van der Waals surface area contributed by atoms with Crippen LogP contribution in [0.25, 0.3) is 5.69 Å². The van der Waals surface area contributed by atoms with Gasteiger partial charge in [0.1, 0.15) is 6.10 Å². The highest BCUT2D eigenvalue weighted by Gasteiger charge is 2.25. The molecule has 0 spiro atoms. The van der Waals surface area contributed by atoms with E-state index in [1.165, 1.54) is 0 Å². The summed E-state index contributed by atoms with van der Waals surface area (Å²) in [5.74, 6) is 0.257. The van der Waals surface area contributed by atoms with E-state index in [4.69, 9.17) is 4.74 Å². The molecule has 1 aliphatic rings. The van der Waals surface area contributed by atoms with Crippen molar-refractivity contribution < 1.29 is 9.84 Å². The highest BCUT2D eigenvalue weighted by atomic mass is 16.5. The maximum absolute atomic E-state index is 10.4. The minimum atomic E-state index is -0.492. The molecule has 1 atom stereocenters. The summed E-state index contributed by atoms with van der Waals surface area (Å²) in [6.45, 7) is 1.47. The van der Waals surface area contributed by atoms with Gasteiger partial charge < -0.3 is 9.84 Å². The van der Waals surface area contributed by atoms with Crippen molar-refractivity contribution in [1.82, 2.24) is 9.78 Å². The van der Waals surface area contributed by atoms with Crippen molar-refractivity contribution in [2.24, 2.45) is 5.92 Å². The average Bonchev–Trinajstić information content (AvgIpc) is 2.98. The van der Waals surface area contributed by atoms with Gasteiger partial charge in [-0.1, -0.05) is 18.2 Å². The summed E-state index contributed by atoms with van der Waals surface area (Å²) in [7, 11) is 0. The van der Waals surface area contributed by atoms with Crippen molar-refractivity contribution in [2.45, 2.75) is 18.9 Å². The van der Waals surface area contributed by atoms with Crippen LogP contribution >= 0.6 is 0 Å². The van der Waals surface area contributed by atoms with Gasteiger partial charge in [-0.2, -0.15) is 5.10 Å². The second kappa shape index (κ2) is 5.55. The van der Waals surface area contributed by atoms with E-state index < -0.39 is 6.10 Å². The van der Waals surface area contributed by atoms with Gasteiger partial charge in [0.15, 0.2) is 0 Å². The zero-order valence-corrected chi connectivity index (χ0v) is 10.8. The Hall–Kier alpha value is -1.65. The Balaban J connectivity index is 1.77. The van der Waals surface area contributed by atoms with E-state index in [0.29, 0.717) is 0 Å². The smallest absolute Gasteiger partial charge is 0.101 e. The summed E-state index contributed by atoms with van der Waals surface area (Å²) in [6, 6.07) is 11.8. The Kier molecular flexibility index (Phi) is 3.62. The van der Waals surface area contributed by atoms with E-state index >= 15 is 0 Å². The van der Waals surface area contributed by atoms with E-state index in [2.05, 4.69) is 5.10 Å². The van der Waals surface area contributed by atoms with Crippen molar-refractivity contribution in [3.05, 3.63) is 48.3 Å². The van der Waals surface area contributed by atoms with E-state index in [1.807, 2.05) is 42.6 Å². The lowest BCUT2D eigenvalue weighted by Crippen LogP contribution is -2.22. The van der Waals surface area contributed by atoms with Crippen molar-refractivity contribution in [2.75, 3.05) is 13.2 Å². The second-order valence-corrected chi connectivity index (χ2v) is 4.92. The van der Waals surface area contributed by atoms with Gasteiger partial charge in [-0.25, -0.2) is 4.68 Å². The predicted octanol–water partition coefficient (Wildman–Crippen LogP) is 2.33. The Bertz CT molecular complexity index is 518. The molecule has 1 fully saturated rings. The summed E-state index contributed by atoms with van der Waals surface area (Å²) < 4.78 is 7.13. The lowest BCUT2D eigenvalue weighted by Gasteiger charge is -2.25. The van der Waals surface area contributed by atoms with Crippen molar-refractivity contribution in [3.8, 4) is 5.69 Å². The number of benzene rings is 1. The number of aromatic nitrogens is 2. The zero-order valence-electron chi connectivity index (χ0n) is 10.8. The lowest BCUT2D eigenvalue weighted by atomic mass is 9.92. The Morgan fingerprint density at radius 3 is 2.63 bits per heavy atom. The fourth-order valence-corrected chi connectivity index (χ4v) is 2.49. The van der Waals surface area contributed by atoms with Gasteiger partial charge in [-0.3, -0.25) is 0 Å². The van der Waals surface area contributed by atoms with Crippen LogP contribution in [0.4, 0.5) is 0 Å². The molecule has 1 aromatic heterocycles. The molecule has 1 aliphatic heterocycles. The van der Waals surface area contributed by atoms with Crippen molar-refractivity contribution in [1.29, 1.82) is 0 Å². The van der Waals surface area contributed by atoms with Crippen LogP contribution in [0, 0.1) is 5.92 Å². The van der Waals surface area contributed by atoms with Gasteiger partial charge in [-0.05, 0) is 37.0 Å². The number of aliphatic hydroxyl groups excluding tert-OH is 1. The Morgan fingerprint density at radius 2 is 1.89 bits per heavy atom. The van der Waals surface area contributed by atoms with Crippen LogP contribution in [-0.4, -0.2) is 28.1 Å². The van der Waals surface area contributed by atoms with Gasteiger partial charge in [0.25, 0.3) is 0 Å². The monoisotopic (exact) mass is 258 g/mol. The molecular weight excluding hydrogens is 240 g/mol. The molecule has 1 saturated heterocycles. The van der Waals surface area contributed by atoms with Crippen LogP contribution in [-0.2, 0) is 4.74 Å². The predicted molar refractivity (Wildman–Crippen MR) is 72.1 cm³/mol. The highest BCUT2D eigenvalue weighted by molar-refractivity contribution is 5.30. The van der Waals surface area contributed by atoms with Gasteiger partial charge >= 0.3 is 0 Å². The molecule has 19 heavy (non-hydrogen) atoms. The highest BCUT2D eigenvalue weighted by Crippen LogP contribution is 2.29. The minimum Gasteiger partial charge on any atom is -0.386 e. The first-order chi connectivity index (χ1) is 9.34. The molecule has 4 nitrogen and oxygen atoms in total. The topological polar surface area (TPSA) is 47.3 Å². The molecule has 0 radical (unpaired) electrons. The van der Waals surface area contributed by atoms with E-state index in [0.717, 1.165) is 37.4 Å². The first-order valence-corrected chi connectivity index (χ1v) is 6.71. The number of aliphatic hydroxyl groups is 1. The molecule has 0 bridgehead atoms. The van der Waals surface area contributed by atoms with Gasteiger partial charge in [0.2, 0.25) is 0 Å². The third kappa shape index (κ3) is 2.69. The number of nitrogens with zero attached hydrogens (tertiary/aromatic N) is 2. The number of rotatable bonds is 3. The van der Waals surface area contributed by atoms with Crippen molar-refractivity contribution >= 4 is 0 Å². The normalized spacial score (nSPS) is 18.4. The number of para-hydroxylation sites is 1. The molecule has 1 N–H and O–H groups in total. The molecule has 2 aromatic rings. The summed E-state index contributed by atoms with van der Waals surface area (Å²) in [4.78, 5) is 0. The van der Waals surface area contributed by atoms with Crippen LogP contribution < -0.4 is 0 Å². The van der Waals surface area contributed by atoms with Gasteiger partial charge in [0, 0.05) is 19.4 Å². The van der Waals surface area contributed by atoms with Crippen LogP contribution in [0.1, 0.15) is 24.6 Å². The Labute approximate surface area is 112 Å². The number of ether oxygens (including phenoxy) is 1. The fraction of sp³-hybridized carbons (Fsp3) is 0.400. The molecule has 2 heterocycles. The van der Waals surface area contributed by atoms with E-state index in [-0.39, 0.29) is 5.92 Å². The third-order valence-corrected chi connectivity index (χ3v) is 3.65. The molecule has 1 unspecified atom stereocenters. The van der Waals surface area contributed by atoms with Crippen LogP contribution in [0.5, 0.6) is 0 Å². The molecule has 0 saturated carbocycles. The van der Waals surface area contributed by atoms with Gasteiger partial charge in [0.05, 0.1) is 11.4 Å². The first-order valence-electron chi connectivity index (χ1n) is 6.71. The molecular formula is C15H18N2O2. The van der Waals surface area contributed by atoms with Crippen LogP contribution in [0.15, 0.2) is 42.6 Å². The first kappa shape index (κ1) is 12.4. The summed E-state index contributed by atoms with van der Waals surface area (Å²) in [5, 5.41) is 14.9. The standard InChI is InChI=1S/C15H18N2O2/c18-15(12-7-10-19-11-8-12)14-6-9-17(16-14)13-4-2-1-3-5-13/h1-6,9,12,15,18H,7-8,10-11H2. The quantitative estimate of drug-likeness (QED) is 0.919. The summed E-state index contributed by atoms with van der Waals surface area (Å²) in [5.41, 5.74) is 1.75. The maximum atomic E-state index is 10.4. The molecule has 0 amide bonds. The summed E-state index contributed by atoms with van der Waals surface area (Å²) in [6.07, 6.45) is 3.21. The van der Waals surface area contributed by atoms with Crippen LogP contribution in [0.2, 0.25) is 0 Å². The van der Waals surface area contributed by atoms with Crippen LogP contribution in [0.3, 0.4) is 0 Å². The second-order valence-electron chi connectivity index (χ2n) is 4.92. The lowest BCUT2D eigenvalue weighted by molar-refractivity contribution is 0.00545. The van der Waals surface area contributed by atoms with Gasteiger partial charge in [-0.15, -0.1) is 0 Å². The largest absolute Gasteiger partial charge is 0.386 e. The fourth-order valence-electron chi connectivity index (χ4n) is 2.49. The maximum Gasteiger partial charge on any atom is 0.101 e. The number of hydrogen-bond donors (Lipinski definition) is 1. The average molecular weight is 258 g/mol. The summed E-state index contributed by atoms with van der Waals surface area (Å²) >= 11 is 0. The molecule has 1 aromatic carbocycles. The SMILES string of the molecule is OC(c1ccn(-c2ccccc2)n1)C1CCOCC1. The minimum absolute atomic E-state index is 0.257. The van der Waals surface area contributed by atoms with E-state index in [9.17, 15) is 5.11 Å². The third-order valence-electron chi connectivity index (χ3n) is 3.65. The molecule has 3 rings (SSSR count). The van der Waals surface area contributed by atoms with Crippen molar-refractivity contribution in [3.63, 3.8) is 0 Å². The van der Waals surface area contributed by atoms with E-state index in [1.54, 1.807) is 4.68 Å². The molecule has 4 heteroatoms. The number of hydrogen-bond acceptors (Lipinski definition) is 3. The molecule has 100 valence electrons. The zero-order chi connectivity index (χ0) is 13.1. The molecule has 0 aliphatic carbocycles.